The molecule has 1 N–H and O–H groups in total. The van der Waals surface area contributed by atoms with Crippen LogP contribution in [0.5, 0.6) is 0 Å². The maximum absolute atomic E-state index is 12.6. The summed E-state index contributed by atoms with van der Waals surface area (Å²) in [5.41, 5.74) is 3.25. The standard InChI is InChI=1S/C26H28N2O3/c1-26(2,3)31-25(30)24(29)22(16-20-12-8-5-9-13-20)23-17-21(27-18-28-23)15-14-19-10-6-4-7-11-19/h4-13,17-18,29H,14-16H2,1-3H3/b24-22-. The van der Waals surface area contributed by atoms with Crippen molar-refractivity contribution in [1.82, 2.24) is 9.97 Å². The van der Waals surface area contributed by atoms with Crippen molar-refractivity contribution in [2.45, 2.75) is 45.6 Å². The number of hydrogen-bond acceptors (Lipinski definition) is 5. The van der Waals surface area contributed by atoms with Crippen LogP contribution in [0.25, 0.3) is 5.57 Å². The van der Waals surface area contributed by atoms with Crippen molar-refractivity contribution < 1.29 is 14.6 Å². The molecule has 0 saturated heterocycles. The normalized spacial score (nSPS) is 12.2. The van der Waals surface area contributed by atoms with Crippen LogP contribution in [0.2, 0.25) is 0 Å². The molecule has 2 aromatic carbocycles. The number of aryl methyl sites for hydroxylation is 2. The van der Waals surface area contributed by atoms with Crippen LogP contribution in [0.3, 0.4) is 0 Å². The minimum absolute atomic E-state index is 0.348. The molecule has 0 aliphatic rings. The van der Waals surface area contributed by atoms with Gasteiger partial charge in [0.25, 0.3) is 0 Å². The van der Waals surface area contributed by atoms with Gasteiger partial charge in [-0.05, 0) is 50.8 Å². The molecule has 0 aliphatic carbocycles. The zero-order chi connectivity index (χ0) is 22.3. The van der Waals surface area contributed by atoms with E-state index in [2.05, 4.69) is 22.1 Å². The summed E-state index contributed by atoms with van der Waals surface area (Å²) in [5, 5.41) is 10.8. The first-order chi connectivity index (χ1) is 14.8. The Morgan fingerprint density at radius 3 is 2.13 bits per heavy atom. The third-order valence-electron chi connectivity index (χ3n) is 4.65. The topological polar surface area (TPSA) is 72.3 Å². The zero-order valence-corrected chi connectivity index (χ0v) is 18.2. The predicted octanol–water partition coefficient (Wildman–Crippen LogP) is 5.12. The molecule has 0 amide bonds. The van der Waals surface area contributed by atoms with E-state index in [9.17, 15) is 9.90 Å². The second-order valence-corrected chi connectivity index (χ2v) is 8.37. The van der Waals surface area contributed by atoms with Gasteiger partial charge in [-0.1, -0.05) is 60.7 Å². The van der Waals surface area contributed by atoms with Crippen LogP contribution in [0.1, 0.15) is 43.3 Å². The number of esters is 1. The number of aromatic nitrogens is 2. The molecule has 0 bridgehead atoms. The molecular formula is C26H28N2O3. The molecule has 5 heteroatoms. The highest BCUT2D eigenvalue weighted by molar-refractivity contribution is 5.95. The average molecular weight is 417 g/mol. The molecule has 0 fully saturated rings. The van der Waals surface area contributed by atoms with Crippen LogP contribution in [0.15, 0.2) is 78.8 Å². The van der Waals surface area contributed by atoms with Gasteiger partial charge in [0.15, 0.2) is 0 Å². The lowest BCUT2D eigenvalue weighted by atomic mass is 9.99. The molecule has 31 heavy (non-hydrogen) atoms. The average Bonchev–Trinajstić information content (AvgIpc) is 2.76. The van der Waals surface area contributed by atoms with Crippen molar-refractivity contribution in [3.05, 3.63) is 101 Å². The summed E-state index contributed by atoms with van der Waals surface area (Å²) in [6, 6.07) is 21.7. The van der Waals surface area contributed by atoms with E-state index in [1.54, 1.807) is 20.8 Å². The molecule has 160 valence electrons. The summed E-state index contributed by atoms with van der Waals surface area (Å²) in [5.74, 6) is -1.19. The lowest BCUT2D eigenvalue weighted by Gasteiger charge is -2.20. The summed E-state index contributed by atoms with van der Waals surface area (Å²) in [6.45, 7) is 5.30. The Morgan fingerprint density at radius 2 is 1.52 bits per heavy atom. The maximum Gasteiger partial charge on any atom is 0.374 e. The van der Waals surface area contributed by atoms with Gasteiger partial charge in [-0.2, -0.15) is 0 Å². The van der Waals surface area contributed by atoms with Crippen molar-refractivity contribution in [3.8, 4) is 0 Å². The number of aliphatic hydroxyl groups excluding tert-OH is 1. The molecule has 0 aliphatic heterocycles. The second kappa shape index (κ2) is 10.0. The Labute approximate surface area is 183 Å². The van der Waals surface area contributed by atoms with E-state index in [0.717, 1.165) is 24.1 Å². The van der Waals surface area contributed by atoms with Gasteiger partial charge in [0.05, 0.1) is 5.69 Å². The smallest absolute Gasteiger partial charge is 0.374 e. The Hall–Kier alpha value is -3.47. The van der Waals surface area contributed by atoms with Gasteiger partial charge in [0.2, 0.25) is 5.76 Å². The van der Waals surface area contributed by atoms with Crippen LogP contribution in [-0.2, 0) is 28.8 Å². The first-order valence-corrected chi connectivity index (χ1v) is 10.4. The van der Waals surface area contributed by atoms with E-state index in [1.165, 1.54) is 11.9 Å². The van der Waals surface area contributed by atoms with Gasteiger partial charge in [0.1, 0.15) is 11.9 Å². The quantitative estimate of drug-likeness (QED) is 0.329. The summed E-state index contributed by atoms with van der Waals surface area (Å²) < 4.78 is 5.39. The molecule has 0 atom stereocenters. The number of nitrogens with zero attached hydrogens (tertiary/aromatic N) is 2. The van der Waals surface area contributed by atoms with Gasteiger partial charge in [-0.15, -0.1) is 0 Å². The Balaban J connectivity index is 1.91. The minimum Gasteiger partial charge on any atom is -0.502 e. The largest absolute Gasteiger partial charge is 0.502 e. The molecule has 5 nitrogen and oxygen atoms in total. The lowest BCUT2D eigenvalue weighted by Crippen LogP contribution is -2.25. The number of aliphatic hydroxyl groups is 1. The first-order valence-electron chi connectivity index (χ1n) is 10.4. The van der Waals surface area contributed by atoms with Crippen LogP contribution in [0.4, 0.5) is 0 Å². The van der Waals surface area contributed by atoms with Gasteiger partial charge >= 0.3 is 5.97 Å². The molecule has 1 aromatic heterocycles. The molecule has 3 rings (SSSR count). The predicted molar refractivity (Wildman–Crippen MR) is 121 cm³/mol. The van der Waals surface area contributed by atoms with Crippen molar-refractivity contribution in [1.29, 1.82) is 0 Å². The molecule has 1 heterocycles. The summed E-state index contributed by atoms with van der Waals surface area (Å²) in [6.07, 6.45) is 3.39. The van der Waals surface area contributed by atoms with E-state index < -0.39 is 17.3 Å². The second-order valence-electron chi connectivity index (χ2n) is 8.37. The molecule has 0 saturated carbocycles. The van der Waals surface area contributed by atoms with Gasteiger partial charge in [-0.3, -0.25) is 0 Å². The fourth-order valence-corrected chi connectivity index (χ4v) is 3.16. The van der Waals surface area contributed by atoms with E-state index in [4.69, 9.17) is 4.74 Å². The fraction of sp³-hybridized carbons (Fsp3) is 0.269. The van der Waals surface area contributed by atoms with Crippen molar-refractivity contribution in [2.24, 2.45) is 0 Å². The molecule has 0 radical (unpaired) electrons. The van der Waals surface area contributed by atoms with E-state index in [0.29, 0.717) is 17.7 Å². The zero-order valence-electron chi connectivity index (χ0n) is 18.2. The van der Waals surface area contributed by atoms with Crippen LogP contribution in [0, 0.1) is 0 Å². The highest BCUT2D eigenvalue weighted by atomic mass is 16.6. The minimum atomic E-state index is -0.761. The fourth-order valence-electron chi connectivity index (χ4n) is 3.16. The van der Waals surface area contributed by atoms with Gasteiger partial charge in [-0.25, -0.2) is 14.8 Å². The Morgan fingerprint density at radius 1 is 0.903 bits per heavy atom. The highest BCUT2D eigenvalue weighted by Crippen LogP contribution is 2.24. The number of rotatable bonds is 7. The van der Waals surface area contributed by atoms with Crippen molar-refractivity contribution >= 4 is 11.5 Å². The van der Waals surface area contributed by atoms with Crippen molar-refractivity contribution in [2.75, 3.05) is 0 Å². The molecule has 0 unspecified atom stereocenters. The van der Waals surface area contributed by atoms with Crippen LogP contribution in [-0.4, -0.2) is 26.6 Å². The highest BCUT2D eigenvalue weighted by Gasteiger charge is 2.24. The number of hydrogen-bond donors (Lipinski definition) is 1. The summed E-state index contributed by atoms with van der Waals surface area (Å²) in [7, 11) is 0. The van der Waals surface area contributed by atoms with E-state index in [-0.39, 0.29) is 0 Å². The van der Waals surface area contributed by atoms with E-state index >= 15 is 0 Å². The Bertz CT molecular complexity index is 1040. The number of benzene rings is 2. The van der Waals surface area contributed by atoms with Crippen LogP contribution < -0.4 is 0 Å². The number of allylic oxidation sites excluding steroid dienone is 1. The van der Waals surface area contributed by atoms with Crippen molar-refractivity contribution in [3.63, 3.8) is 0 Å². The molecule has 3 aromatic rings. The van der Waals surface area contributed by atoms with Gasteiger partial charge in [0, 0.05) is 17.7 Å². The first kappa shape index (κ1) is 22.2. The number of carbonyl (C=O) groups is 1. The third-order valence-corrected chi connectivity index (χ3v) is 4.65. The maximum atomic E-state index is 12.6. The monoisotopic (exact) mass is 416 g/mol. The van der Waals surface area contributed by atoms with E-state index in [1.807, 2.05) is 54.6 Å². The lowest BCUT2D eigenvalue weighted by molar-refractivity contribution is -0.152. The van der Waals surface area contributed by atoms with Gasteiger partial charge < -0.3 is 9.84 Å². The van der Waals surface area contributed by atoms with Crippen LogP contribution >= 0.6 is 0 Å². The number of ether oxygens (including phenoxy) is 1. The summed E-state index contributed by atoms with van der Waals surface area (Å²) >= 11 is 0. The Kier molecular flexibility index (Phi) is 7.19. The SMILES string of the molecule is CC(C)(C)OC(=O)/C(O)=C(\Cc1ccccc1)c1cc(CCc2ccccc2)ncn1. The summed E-state index contributed by atoms with van der Waals surface area (Å²) in [4.78, 5) is 21.3. The molecular weight excluding hydrogens is 388 g/mol. The third kappa shape index (κ3) is 6.78. The molecule has 0 spiro atoms. The number of carbonyl (C=O) groups excluding carboxylic acids is 1.